The Labute approximate surface area is 188 Å². The number of hydroxylamine groups is 1. The number of unbranched alkanes of at least 4 members (excludes halogenated alkanes) is 1. The highest BCUT2D eigenvalue weighted by Crippen LogP contribution is 2.23. The van der Waals surface area contributed by atoms with Crippen LogP contribution in [0, 0.1) is 5.92 Å². The topological polar surface area (TPSA) is 87.7 Å². The predicted molar refractivity (Wildman–Crippen MR) is 122 cm³/mol. The van der Waals surface area contributed by atoms with E-state index in [1.54, 1.807) is 11.5 Å². The number of para-hydroxylation sites is 1. The van der Waals surface area contributed by atoms with E-state index in [0.717, 1.165) is 24.8 Å². The van der Waals surface area contributed by atoms with Crippen LogP contribution in [-0.2, 0) is 22.4 Å². The Morgan fingerprint density at radius 2 is 1.44 bits per heavy atom. The molecular formula is C26H28N2O4. The number of ether oxygens (including phenoxy) is 1. The zero-order valence-electron chi connectivity index (χ0n) is 17.9. The van der Waals surface area contributed by atoms with Gasteiger partial charge in [-0.05, 0) is 61.1 Å². The van der Waals surface area contributed by atoms with E-state index in [0.29, 0.717) is 18.0 Å². The summed E-state index contributed by atoms with van der Waals surface area (Å²) < 4.78 is 5.83. The molecule has 166 valence electrons. The molecule has 6 nitrogen and oxygen atoms in total. The van der Waals surface area contributed by atoms with Gasteiger partial charge in [0.05, 0.1) is 0 Å². The Balaban J connectivity index is 1.53. The summed E-state index contributed by atoms with van der Waals surface area (Å²) in [5.41, 5.74) is 3.63. The molecular weight excluding hydrogens is 404 g/mol. The number of hydrogen-bond donors (Lipinski definition) is 3. The molecule has 0 saturated carbocycles. The lowest BCUT2D eigenvalue weighted by molar-refractivity contribution is -0.140. The van der Waals surface area contributed by atoms with E-state index < -0.39 is 17.7 Å². The molecule has 0 radical (unpaired) electrons. The molecule has 1 unspecified atom stereocenters. The molecule has 0 heterocycles. The third kappa shape index (κ3) is 7.25. The van der Waals surface area contributed by atoms with E-state index in [4.69, 9.17) is 9.94 Å². The fourth-order valence-electron chi connectivity index (χ4n) is 3.41. The highest BCUT2D eigenvalue weighted by Gasteiger charge is 2.26. The molecule has 1 atom stereocenters. The van der Waals surface area contributed by atoms with Crippen molar-refractivity contribution in [2.75, 3.05) is 6.54 Å². The maximum absolute atomic E-state index is 12.6. The van der Waals surface area contributed by atoms with Crippen LogP contribution in [0.15, 0.2) is 84.9 Å². The summed E-state index contributed by atoms with van der Waals surface area (Å²) in [6.07, 6.45) is 2.81. The molecule has 0 aliphatic carbocycles. The fraction of sp³-hybridized carbons (Fsp3) is 0.231. The van der Waals surface area contributed by atoms with Crippen LogP contribution in [0.25, 0.3) is 0 Å². The van der Waals surface area contributed by atoms with Gasteiger partial charge in [-0.1, -0.05) is 60.7 Å². The fourth-order valence-corrected chi connectivity index (χ4v) is 3.41. The van der Waals surface area contributed by atoms with E-state index in [1.165, 1.54) is 5.56 Å². The van der Waals surface area contributed by atoms with Gasteiger partial charge in [-0.25, -0.2) is 5.48 Å². The van der Waals surface area contributed by atoms with Gasteiger partial charge in [0.25, 0.3) is 5.91 Å². The molecule has 3 aromatic carbocycles. The SMILES string of the molecule is O=C(NO)C(Cc1cccc(Oc2ccccc2)c1)C(=O)NCCCCc1ccccc1. The number of carbonyl (C=O) groups is 2. The number of hydrogen-bond acceptors (Lipinski definition) is 4. The van der Waals surface area contributed by atoms with Crippen LogP contribution >= 0.6 is 0 Å². The average Bonchev–Trinajstić information content (AvgIpc) is 2.83. The van der Waals surface area contributed by atoms with Gasteiger partial charge >= 0.3 is 0 Å². The van der Waals surface area contributed by atoms with Crippen LogP contribution in [0.1, 0.15) is 24.0 Å². The molecule has 0 aliphatic heterocycles. The number of rotatable bonds is 11. The molecule has 3 N–H and O–H groups in total. The lowest BCUT2D eigenvalue weighted by Crippen LogP contribution is -2.41. The van der Waals surface area contributed by atoms with Crippen LogP contribution in [0.4, 0.5) is 0 Å². The summed E-state index contributed by atoms with van der Waals surface area (Å²) in [7, 11) is 0. The standard InChI is InChI=1S/C26H28N2O4/c29-25(27-17-8-7-12-20-10-3-1-4-11-20)24(26(30)28-31)19-21-13-9-16-23(18-21)32-22-14-5-2-6-15-22/h1-6,9-11,13-16,18,24,31H,7-8,12,17,19H2,(H,27,29)(H,28,30). The summed E-state index contributed by atoms with van der Waals surface area (Å²) in [5, 5.41) is 11.9. The van der Waals surface area contributed by atoms with Crippen LogP contribution in [0.2, 0.25) is 0 Å². The van der Waals surface area contributed by atoms with Crippen LogP contribution < -0.4 is 15.5 Å². The number of aryl methyl sites for hydroxylation is 1. The predicted octanol–water partition coefficient (Wildman–Crippen LogP) is 4.28. The van der Waals surface area contributed by atoms with E-state index in [9.17, 15) is 9.59 Å². The molecule has 32 heavy (non-hydrogen) atoms. The minimum Gasteiger partial charge on any atom is -0.457 e. The Morgan fingerprint density at radius 1 is 0.781 bits per heavy atom. The normalized spacial score (nSPS) is 11.4. The van der Waals surface area contributed by atoms with Crippen molar-refractivity contribution in [1.29, 1.82) is 0 Å². The average molecular weight is 433 g/mol. The second-order valence-electron chi connectivity index (χ2n) is 7.53. The lowest BCUT2D eigenvalue weighted by Gasteiger charge is -2.16. The van der Waals surface area contributed by atoms with Crippen molar-refractivity contribution in [3.05, 3.63) is 96.1 Å². The van der Waals surface area contributed by atoms with Crippen molar-refractivity contribution >= 4 is 11.8 Å². The number of benzene rings is 3. The van der Waals surface area contributed by atoms with Gasteiger partial charge in [0.15, 0.2) is 0 Å². The Morgan fingerprint density at radius 3 is 2.16 bits per heavy atom. The van der Waals surface area contributed by atoms with Gasteiger partial charge in [0, 0.05) is 6.54 Å². The van der Waals surface area contributed by atoms with Crippen LogP contribution in [-0.4, -0.2) is 23.6 Å². The molecule has 0 spiro atoms. The molecule has 3 rings (SSSR count). The van der Waals surface area contributed by atoms with Crippen molar-refractivity contribution in [1.82, 2.24) is 10.8 Å². The Bertz CT molecular complexity index is 993. The summed E-state index contributed by atoms with van der Waals surface area (Å²) >= 11 is 0. The third-order valence-electron chi connectivity index (χ3n) is 5.09. The van der Waals surface area contributed by atoms with Gasteiger partial charge in [-0.15, -0.1) is 0 Å². The van der Waals surface area contributed by atoms with Crippen LogP contribution in [0.3, 0.4) is 0 Å². The monoisotopic (exact) mass is 432 g/mol. The van der Waals surface area contributed by atoms with Gasteiger partial charge in [-0.3, -0.25) is 14.8 Å². The van der Waals surface area contributed by atoms with Crippen LogP contribution in [0.5, 0.6) is 11.5 Å². The van der Waals surface area contributed by atoms with Crippen molar-refractivity contribution in [3.8, 4) is 11.5 Å². The summed E-state index contributed by atoms with van der Waals surface area (Å²) in [5.74, 6) is -0.881. The first-order valence-electron chi connectivity index (χ1n) is 10.7. The van der Waals surface area contributed by atoms with E-state index in [2.05, 4.69) is 17.4 Å². The van der Waals surface area contributed by atoms with E-state index in [1.807, 2.05) is 66.7 Å². The van der Waals surface area contributed by atoms with Crippen molar-refractivity contribution in [2.24, 2.45) is 5.92 Å². The third-order valence-corrected chi connectivity index (χ3v) is 5.09. The second-order valence-corrected chi connectivity index (χ2v) is 7.53. The summed E-state index contributed by atoms with van der Waals surface area (Å²) in [6.45, 7) is 0.470. The van der Waals surface area contributed by atoms with E-state index in [-0.39, 0.29) is 6.42 Å². The maximum Gasteiger partial charge on any atom is 0.256 e. The first-order valence-corrected chi connectivity index (χ1v) is 10.7. The van der Waals surface area contributed by atoms with Gasteiger partial charge < -0.3 is 10.1 Å². The molecule has 6 heteroatoms. The van der Waals surface area contributed by atoms with Gasteiger partial charge in [0.2, 0.25) is 5.91 Å². The quantitative estimate of drug-likeness (QED) is 0.183. The molecule has 0 aromatic heterocycles. The minimum atomic E-state index is -1.04. The molecule has 3 aromatic rings. The highest BCUT2D eigenvalue weighted by atomic mass is 16.5. The molecule has 0 bridgehead atoms. The highest BCUT2D eigenvalue weighted by molar-refractivity contribution is 6.00. The lowest BCUT2D eigenvalue weighted by atomic mass is 9.97. The van der Waals surface area contributed by atoms with Gasteiger partial charge in [-0.2, -0.15) is 0 Å². The van der Waals surface area contributed by atoms with Gasteiger partial charge in [0.1, 0.15) is 17.4 Å². The largest absolute Gasteiger partial charge is 0.457 e. The zero-order valence-corrected chi connectivity index (χ0v) is 17.9. The molecule has 0 aliphatic rings. The number of nitrogens with one attached hydrogen (secondary N) is 2. The molecule has 2 amide bonds. The second kappa shape index (κ2) is 12.3. The smallest absolute Gasteiger partial charge is 0.256 e. The first-order chi connectivity index (χ1) is 15.7. The Hall–Kier alpha value is -3.64. The maximum atomic E-state index is 12.6. The molecule has 0 fully saturated rings. The summed E-state index contributed by atoms with van der Waals surface area (Å²) in [6, 6.07) is 26.8. The number of amides is 2. The first kappa shape index (κ1) is 23.0. The van der Waals surface area contributed by atoms with Crippen molar-refractivity contribution in [3.63, 3.8) is 0 Å². The molecule has 0 saturated heterocycles. The Kier molecular flexibility index (Phi) is 8.83. The zero-order chi connectivity index (χ0) is 22.6. The summed E-state index contributed by atoms with van der Waals surface area (Å²) in [4.78, 5) is 24.8. The van der Waals surface area contributed by atoms with E-state index >= 15 is 0 Å². The van der Waals surface area contributed by atoms with Crippen molar-refractivity contribution in [2.45, 2.75) is 25.7 Å². The minimum absolute atomic E-state index is 0.147. The van der Waals surface area contributed by atoms with Crippen molar-refractivity contribution < 1.29 is 19.5 Å². The number of carbonyl (C=O) groups excluding carboxylic acids is 2.